The van der Waals surface area contributed by atoms with E-state index in [1.165, 1.54) is 33.8 Å². The van der Waals surface area contributed by atoms with Gasteiger partial charge in [0.05, 0.1) is 6.04 Å². The van der Waals surface area contributed by atoms with Crippen LogP contribution in [0.2, 0.25) is 0 Å². The van der Waals surface area contributed by atoms with Crippen LogP contribution in [0, 0.1) is 0 Å². The molecule has 0 bridgehead atoms. The number of hydrogen-bond acceptors (Lipinski definition) is 3. The molecule has 2 aromatic heterocycles. The topological polar surface area (TPSA) is 55.3 Å². The maximum Gasteiger partial charge on any atom is 0.315 e. The molecule has 3 rings (SSSR count). The molecule has 0 radical (unpaired) electrons. The molecule has 2 heterocycles. The molecule has 1 aliphatic rings. The number of fused-ring (bicyclic) bond motifs is 1. The molecule has 1 atom stereocenters. The number of thiophene rings is 1. The molecule has 0 fully saturated rings. The summed E-state index contributed by atoms with van der Waals surface area (Å²) in [6.07, 6.45) is 9.77. The van der Waals surface area contributed by atoms with E-state index in [1.54, 1.807) is 0 Å². The number of ether oxygens (including phenoxy) is 1. The third kappa shape index (κ3) is 4.48. The summed E-state index contributed by atoms with van der Waals surface area (Å²) in [5.74, 6) is 0. The number of carbonyl (C=O) groups excluding carboxylic acids is 1. The summed E-state index contributed by atoms with van der Waals surface area (Å²) in [4.78, 5) is 13.8. The van der Waals surface area contributed by atoms with Gasteiger partial charge in [0.1, 0.15) is 5.00 Å². The Morgan fingerprint density at radius 1 is 1.31 bits per heavy atom. The van der Waals surface area contributed by atoms with Crippen LogP contribution in [-0.4, -0.2) is 30.4 Å². The number of aryl methyl sites for hydroxylation is 1. The number of nitrogens with one attached hydrogen (secondary N) is 2. The second kappa shape index (κ2) is 9.24. The van der Waals surface area contributed by atoms with Crippen molar-refractivity contribution in [2.75, 3.05) is 19.8 Å². The molecule has 0 saturated heterocycles. The second-order valence-corrected chi connectivity index (χ2v) is 7.78. The van der Waals surface area contributed by atoms with Crippen molar-refractivity contribution in [3.8, 4) is 5.00 Å². The summed E-state index contributed by atoms with van der Waals surface area (Å²) in [6.45, 7) is 6.09. The highest BCUT2D eigenvalue weighted by Crippen LogP contribution is 2.40. The Labute approximate surface area is 159 Å². The van der Waals surface area contributed by atoms with Gasteiger partial charge in [-0.2, -0.15) is 0 Å². The van der Waals surface area contributed by atoms with Crippen molar-refractivity contribution in [1.82, 2.24) is 15.2 Å². The number of aromatic nitrogens is 1. The predicted octanol–water partition coefficient (Wildman–Crippen LogP) is 4.20. The highest BCUT2D eigenvalue weighted by molar-refractivity contribution is 7.15. The van der Waals surface area contributed by atoms with Crippen molar-refractivity contribution < 1.29 is 9.53 Å². The number of urea groups is 1. The van der Waals surface area contributed by atoms with Crippen molar-refractivity contribution in [2.24, 2.45) is 0 Å². The first kappa shape index (κ1) is 19.0. The van der Waals surface area contributed by atoms with Crippen LogP contribution in [0.25, 0.3) is 5.00 Å². The molecule has 0 aliphatic heterocycles. The monoisotopic (exact) mass is 375 g/mol. The van der Waals surface area contributed by atoms with E-state index in [0.717, 1.165) is 19.3 Å². The van der Waals surface area contributed by atoms with Crippen LogP contribution in [0.5, 0.6) is 0 Å². The zero-order chi connectivity index (χ0) is 18.4. The van der Waals surface area contributed by atoms with Gasteiger partial charge < -0.3 is 19.9 Å². The lowest BCUT2D eigenvalue weighted by Crippen LogP contribution is -2.38. The van der Waals surface area contributed by atoms with Gasteiger partial charge in [-0.3, -0.25) is 0 Å². The minimum atomic E-state index is -0.108. The molecule has 2 amide bonds. The van der Waals surface area contributed by atoms with Crippen molar-refractivity contribution in [3.05, 3.63) is 40.5 Å². The quantitative estimate of drug-likeness (QED) is 0.679. The Morgan fingerprint density at radius 2 is 2.08 bits per heavy atom. The van der Waals surface area contributed by atoms with E-state index >= 15 is 0 Å². The van der Waals surface area contributed by atoms with Crippen LogP contribution in [0.15, 0.2) is 24.5 Å². The molecular formula is C20H29N3O2S. The van der Waals surface area contributed by atoms with E-state index in [0.29, 0.717) is 19.8 Å². The summed E-state index contributed by atoms with van der Waals surface area (Å²) < 4.78 is 7.48. The van der Waals surface area contributed by atoms with E-state index in [4.69, 9.17) is 4.74 Å². The number of hydrogen-bond donors (Lipinski definition) is 2. The van der Waals surface area contributed by atoms with Crippen LogP contribution < -0.4 is 10.6 Å². The zero-order valence-corrected chi connectivity index (χ0v) is 16.5. The van der Waals surface area contributed by atoms with Gasteiger partial charge in [0.2, 0.25) is 0 Å². The van der Waals surface area contributed by atoms with E-state index < -0.39 is 0 Å². The first-order valence-electron chi connectivity index (χ1n) is 9.60. The minimum Gasteiger partial charge on any atom is -0.382 e. The first-order valence-corrected chi connectivity index (χ1v) is 10.4. The van der Waals surface area contributed by atoms with Crippen molar-refractivity contribution in [3.63, 3.8) is 0 Å². The molecule has 0 spiro atoms. The van der Waals surface area contributed by atoms with E-state index in [1.807, 2.05) is 30.4 Å². The molecule has 6 heteroatoms. The zero-order valence-electron chi connectivity index (χ0n) is 15.7. The Hall–Kier alpha value is -1.79. The third-order valence-corrected chi connectivity index (χ3v) is 6.09. The molecule has 26 heavy (non-hydrogen) atoms. The number of amides is 2. The van der Waals surface area contributed by atoms with Crippen LogP contribution in [0.1, 0.15) is 55.2 Å². The van der Waals surface area contributed by atoms with E-state index in [-0.39, 0.29) is 12.1 Å². The molecule has 2 aromatic rings. The Kier molecular flexibility index (Phi) is 6.74. The lowest BCUT2D eigenvalue weighted by molar-refractivity contribution is 0.145. The third-order valence-electron chi connectivity index (χ3n) is 4.77. The summed E-state index contributed by atoms with van der Waals surface area (Å²) in [5.41, 5.74) is 2.74. The van der Waals surface area contributed by atoms with Gasteiger partial charge in [0, 0.05) is 42.6 Å². The number of rotatable bonds is 8. The number of nitrogens with zero attached hydrogens (tertiary/aromatic N) is 1. The Balaban J connectivity index is 1.69. The van der Waals surface area contributed by atoms with Crippen LogP contribution in [0.3, 0.4) is 0 Å². The van der Waals surface area contributed by atoms with Crippen LogP contribution in [0.4, 0.5) is 4.79 Å². The molecular weight excluding hydrogens is 346 g/mol. The minimum absolute atomic E-state index is 0.0163. The smallest absolute Gasteiger partial charge is 0.315 e. The van der Waals surface area contributed by atoms with Crippen LogP contribution >= 0.6 is 11.3 Å². The van der Waals surface area contributed by atoms with Gasteiger partial charge in [-0.15, -0.1) is 11.3 Å². The summed E-state index contributed by atoms with van der Waals surface area (Å²) in [7, 11) is 0. The van der Waals surface area contributed by atoms with Crippen molar-refractivity contribution >= 4 is 17.4 Å². The maximum atomic E-state index is 12.3. The SMILES string of the molecule is CCOCCCNC(=O)NC(C)c1c(-n2cccc2)sc2c1CCCC2. The van der Waals surface area contributed by atoms with Gasteiger partial charge in [0.15, 0.2) is 0 Å². The largest absolute Gasteiger partial charge is 0.382 e. The van der Waals surface area contributed by atoms with Gasteiger partial charge in [-0.25, -0.2) is 4.79 Å². The van der Waals surface area contributed by atoms with Gasteiger partial charge in [-0.05, 0) is 63.6 Å². The molecule has 142 valence electrons. The molecule has 0 aromatic carbocycles. The normalized spacial score (nSPS) is 14.7. The highest BCUT2D eigenvalue weighted by Gasteiger charge is 2.25. The number of carbonyl (C=O) groups is 1. The van der Waals surface area contributed by atoms with Crippen molar-refractivity contribution in [2.45, 2.75) is 52.0 Å². The summed E-state index contributed by atoms with van der Waals surface area (Å²) in [5, 5.41) is 7.31. The fourth-order valence-corrected chi connectivity index (χ4v) is 4.98. The van der Waals surface area contributed by atoms with E-state index in [9.17, 15) is 4.79 Å². The fourth-order valence-electron chi connectivity index (χ4n) is 3.52. The average Bonchev–Trinajstić information content (AvgIpc) is 3.28. The Bertz CT molecular complexity index is 709. The lowest BCUT2D eigenvalue weighted by Gasteiger charge is -2.20. The van der Waals surface area contributed by atoms with Gasteiger partial charge in [0.25, 0.3) is 0 Å². The van der Waals surface area contributed by atoms with Crippen LogP contribution in [-0.2, 0) is 17.6 Å². The summed E-state index contributed by atoms with van der Waals surface area (Å²) in [6, 6.07) is 3.97. The Morgan fingerprint density at radius 3 is 2.85 bits per heavy atom. The fraction of sp³-hybridized carbons (Fsp3) is 0.550. The molecule has 5 nitrogen and oxygen atoms in total. The highest BCUT2D eigenvalue weighted by atomic mass is 32.1. The summed E-state index contributed by atoms with van der Waals surface area (Å²) >= 11 is 1.88. The van der Waals surface area contributed by atoms with E-state index in [2.05, 4.69) is 34.5 Å². The standard InChI is InChI=1S/C20H29N3O2S/c1-3-25-14-8-11-21-20(24)22-15(2)18-16-9-4-5-10-17(16)26-19(18)23-12-6-7-13-23/h6-7,12-13,15H,3-5,8-11,14H2,1-2H3,(H2,21,22,24). The predicted molar refractivity (Wildman–Crippen MR) is 106 cm³/mol. The maximum absolute atomic E-state index is 12.3. The molecule has 1 unspecified atom stereocenters. The van der Waals surface area contributed by atoms with Gasteiger partial charge >= 0.3 is 6.03 Å². The molecule has 1 aliphatic carbocycles. The molecule has 2 N–H and O–H groups in total. The lowest BCUT2D eigenvalue weighted by atomic mass is 9.93. The second-order valence-electron chi connectivity index (χ2n) is 6.69. The molecule has 0 saturated carbocycles. The average molecular weight is 376 g/mol. The van der Waals surface area contributed by atoms with Gasteiger partial charge in [-0.1, -0.05) is 0 Å². The van der Waals surface area contributed by atoms with Crippen molar-refractivity contribution in [1.29, 1.82) is 0 Å². The first-order chi connectivity index (χ1) is 12.7.